The van der Waals surface area contributed by atoms with Crippen molar-refractivity contribution in [1.82, 2.24) is 0 Å². The number of rotatable bonds is 5. The predicted molar refractivity (Wildman–Crippen MR) is 65.9 cm³/mol. The van der Waals surface area contributed by atoms with E-state index in [-0.39, 0.29) is 8.80 Å². The summed E-state index contributed by atoms with van der Waals surface area (Å²) in [6, 6.07) is 2.86. The molecule has 0 aromatic heterocycles. The molecule has 0 saturated carbocycles. The smallest absolute Gasteiger partial charge is 0.172 e. The maximum absolute atomic E-state index is 6.09. The van der Waals surface area contributed by atoms with Crippen LogP contribution in [0.4, 0.5) is 0 Å². The van der Waals surface area contributed by atoms with Gasteiger partial charge in [0.25, 0.3) is 0 Å². The van der Waals surface area contributed by atoms with Crippen LogP contribution >= 0.6 is 0 Å². The average molecular weight is 221 g/mol. The molecule has 0 amide bonds. The van der Waals surface area contributed by atoms with Crippen LogP contribution in [0.1, 0.15) is 0 Å². The Bertz CT molecular complexity index is 123. The molecule has 0 aromatic carbocycles. The first-order chi connectivity index (χ1) is 5.33. The van der Waals surface area contributed by atoms with Gasteiger partial charge in [-0.2, -0.15) is 0 Å². The van der Waals surface area contributed by atoms with E-state index in [1.54, 1.807) is 0 Å². The summed E-state index contributed by atoms with van der Waals surface area (Å²) in [4.78, 5) is 0. The molecule has 0 unspecified atom stereocenters. The second-order valence-corrected chi connectivity index (χ2v) is 15.3. The lowest BCUT2D eigenvalue weighted by Crippen LogP contribution is -2.35. The lowest BCUT2D eigenvalue weighted by molar-refractivity contribution is 0.573. The summed E-state index contributed by atoms with van der Waals surface area (Å²) in [6.07, 6.45) is 0. The molecule has 0 radical (unpaired) electrons. The monoisotopic (exact) mass is 220 g/mol. The van der Waals surface area contributed by atoms with Crippen molar-refractivity contribution in [2.75, 3.05) is 0 Å². The van der Waals surface area contributed by atoms with Crippen molar-refractivity contribution in [2.45, 2.75) is 51.4 Å². The summed E-state index contributed by atoms with van der Waals surface area (Å²) < 4.78 is 6.09. The van der Waals surface area contributed by atoms with Crippen molar-refractivity contribution in [2.24, 2.45) is 0 Å². The minimum atomic E-state index is -1.23. The average Bonchev–Trinajstić information content (AvgIpc) is 1.81. The summed E-state index contributed by atoms with van der Waals surface area (Å²) in [5, 5.41) is 0. The van der Waals surface area contributed by atoms with Crippen LogP contribution in [0.15, 0.2) is 0 Å². The highest BCUT2D eigenvalue weighted by Gasteiger charge is 2.23. The van der Waals surface area contributed by atoms with Gasteiger partial charge in [0.1, 0.15) is 0 Å². The van der Waals surface area contributed by atoms with Crippen molar-refractivity contribution >= 4 is 26.2 Å². The molecule has 0 fully saturated rings. The maximum Gasteiger partial charge on any atom is 0.172 e. The summed E-state index contributed by atoms with van der Waals surface area (Å²) in [7, 11) is -2.36. The number of hydrogen-bond acceptors (Lipinski definition) is 1. The van der Waals surface area contributed by atoms with Gasteiger partial charge in [-0.15, -0.1) is 0 Å². The van der Waals surface area contributed by atoms with Crippen LogP contribution in [0.3, 0.4) is 0 Å². The number of hydrogen-bond donors (Lipinski definition) is 0. The first-order valence-corrected chi connectivity index (χ1v) is 14.0. The third-order valence-electron chi connectivity index (χ3n) is 1.88. The second-order valence-electron chi connectivity index (χ2n) is 4.86. The Morgan fingerprint density at radius 3 is 1.92 bits per heavy atom. The van der Waals surface area contributed by atoms with E-state index in [2.05, 4.69) is 39.3 Å². The highest BCUT2D eigenvalue weighted by molar-refractivity contribution is 6.78. The summed E-state index contributed by atoms with van der Waals surface area (Å²) in [6.45, 7) is 14.2. The van der Waals surface area contributed by atoms with E-state index >= 15 is 0 Å². The standard InChI is InChI=1S/C8H24OSi3/c1-10(2)7-8-12(5,6)9-11(3)4/h10-11H,7-8H2,1-6H3. The van der Waals surface area contributed by atoms with E-state index in [4.69, 9.17) is 4.12 Å². The van der Waals surface area contributed by atoms with Crippen molar-refractivity contribution in [3.8, 4) is 0 Å². The summed E-state index contributed by atoms with van der Waals surface area (Å²) in [5.41, 5.74) is 0. The van der Waals surface area contributed by atoms with E-state index in [1.807, 2.05) is 0 Å². The minimum Gasteiger partial charge on any atom is -0.458 e. The third kappa shape index (κ3) is 7.27. The molecule has 0 saturated heterocycles. The minimum absolute atomic E-state index is 0.345. The lowest BCUT2D eigenvalue weighted by Gasteiger charge is -2.26. The fourth-order valence-electron chi connectivity index (χ4n) is 1.33. The van der Waals surface area contributed by atoms with Gasteiger partial charge in [-0.25, -0.2) is 0 Å². The van der Waals surface area contributed by atoms with E-state index in [9.17, 15) is 0 Å². The van der Waals surface area contributed by atoms with Crippen molar-refractivity contribution in [1.29, 1.82) is 0 Å². The molecule has 12 heavy (non-hydrogen) atoms. The van der Waals surface area contributed by atoms with Gasteiger partial charge in [0.15, 0.2) is 17.4 Å². The molecule has 0 bridgehead atoms. The zero-order valence-corrected chi connectivity index (χ0v) is 12.8. The highest BCUT2D eigenvalue weighted by Crippen LogP contribution is 2.16. The van der Waals surface area contributed by atoms with Crippen LogP contribution in [-0.4, -0.2) is 26.2 Å². The molecule has 0 aromatic rings. The van der Waals surface area contributed by atoms with E-state index in [1.165, 1.54) is 12.1 Å². The first-order valence-electron chi connectivity index (χ1n) is 5.01. The van der Waals surface area contributed by atoms with Gasteiger partial charge in [-0.05, 0) is 32.2 Å². The molecular weight excluding hydrogens is 196 g/mol. The molecule has 4 heteroatoms. The fraction of sp³-hybridized carbons (Fsp3) is 1.00. The van der Waals surface area contributed by atoms with Gasteiger partial charge in [-0.1, -0.05) is 19.1 Å². The Balaban J connectivity index is 3.71. The van der Waals surface area contributed by atoms with Crippen LogP contribution in [0.5, 0.6) is 0 Å². The topological polar surface area (TPSA) is 9.23 Å². The van der Waals surface area contributed by atoms with Gasteiger partial charge in [0, 0.05) is 8.80 Å². The van der Waals surface area contributed by atoms with Gasteiger partial charge in [0.05, 0.1) is 0 Å². The molecule has 1 nitrogen and oxygen atoms in total. The highest BCUT2D eigenvalue weighted by atomic mass is 28.4. The zero-order valence-electron chi connectivity index (χ0n) is 9.48. The second kappa shape index (κ2) is 5.36. The fourth-order valence-corrected chi connectivity index (χ4v) is 12.0. The quantitative estimate of drug-likeness (QED) is 0.648. The van der Waals surface area contributed by atoms with Gasteiger partial charge in [0.2, 0.25) is 0 Å². The van der Waals surface area contributed by atoms with Crippen molar-refractivity contribution < 1.29 is 4.12 Å². The maximum atomic E-state index is 6.09. The Hall–Kier alpha value is 0.611. The van der Waals surface area contributed by atoms with Crippen molar-refractivity contribution in [3.63, 3.8) is 0 Å². The Kier molecular flexibility index (Phi) is 5.64. The SMILES string of the molecule is C[SiH](C)CC[Si](C)(C)O[SiH](C)C. The van der Waals surface area contributed by atoms with Gasteiger partial charge < -0.3 is 4.12 Å². The Morgan fingerprint density at radius 1 is 1.08 bits per heavy atom. The van der Waals surface area contributed by atoms with Crippen LogP contribution in [0.2, 0.25) is 51.4 Å². The van der Waals surface area contributed by atoms with Crippen LogP contribution < -0.4 is 0 Å². The molecule has 74 valence electrons. The van der Waals surface area contributed by atoms with E-state index in [0.29, 0.717) is 0 Å². The molecule has 0 aliphatic heterocycles. The lowest BCUT2D eigenvalue weighted by atomic mass is 10.9. The molecule has 0 spiro atoms. The predicted octanol–water partition coefficient (Wildman–Crippen LogP) is 2.68. The largest absolute Gasteiger partial charge is 0.458 e. The van der Waals surface area contributed by atoms with E-state index in [0.717, 1.165) is 0 Å². The van der Waals surface area contributed by atoms with Gasteiger partial charge >= 0.3 is 0 Å². The Morgan fingerprint density at radius 2 is 1.58 bits per heavy atom. The molecule has 0 N–H and O–H groups in total. The first kappa shape index (κ1) is 12.6. The van der Waals surface area contributed by atoms with E-state index < -0.39 is 17.4 Å². The van der Waals surface area contributed by atoms with Gasteiger partial charge in [-0.3, -0.25) is 0 Å². The zero-order chi connectivity index (χ0) is 9.78. The van der Waals surface area contributed by atoms with Crippen molar-refractivity contribution in [3.05, 3.63) is 0 Å². The molecule has 0 atom stereocenters. The van der Waals surface area contributed by atoms with Crippen LogP contribution in [0, 0.1) is 0 Å². The molecular formula is C8H24OSi3. The normalized spacial score (nSPS) is 13.0. The van der Waals surface area contributed by atoms with Crippen LogP contribution in [-0.2, 0) is 4.12 Å². The third-order valence-corrected chi connectivity index (χ3v) is 9.83. The molecule has 0 aliphatic carbocycles. The molecule has 0 rings (SSSR count). The molecule has 0 aliphatic rings. The summed E-state index contributed by atoms with van der Waals surface area (Å²) >= 11 is 0. The Labute approximate surface area is 82.0 Å². The summed E-state index contributed by atoms with van der Waals surface area (Å²) in [5.74, 6) is 0. The van der Waals surface area contributed by atoms with Crippen LogP contribution in [0.25, 0.3) is 0 Å². The molecule has 0 heterocycles.